The van der Waals surface area contributed by atoms with Crippen molar-refractivity contribution < 1.29 is 19.4 Å². The van der Waals surface area contributed by atoms with Crippen LogP contribution in [0.5, 0.6) is 5.75 Å². The third-order valence-corrected chi connectivity index (χ3v) is 3.93. The molecule has 1 aromatic rings. The Hall–Kier alpha value is -1.79. The van der Waals surface area contributed by atoms with E-state index in [4.69, 9.17) is 9.47 Å². The number of urea groups is 1. The number of aliphatic hydroxyl groups is 1. The molecule has 0 fully saturated rings. The standard InChI is InChI=1S/C16H24N2O4/c1-11(14-10-22-15-6-4-3-5-13(14)15)17-16(20)18-12(9-19)7-8-21-2/h3-6,11-12,14,19H,7-10H2,1-2H3,(H2,17,18,20)/t11-,12-,14-/m1/s1. The molecule has 122 valence electrons. The minimum atomic E-state index is -0.306. The number of para-hydroxylation sites is 1. The van der Waals surface area contributed by atoms with E-state index in [2.05, 4.69) is 10.6 Å². The highest BCUT2D eigenvalue weighted by atomic mass is 16.5. The van der Waals surface area contributed by atoms with Crippen molar-refractivity contribution in [2.24, 2.45) is 0 Å². The van der Waals surface area contributed by atoms with E-state index in [1.165, 1.54) is 0 Å². The Morgan fingerprint density at radius 1 is 1.45 bits per heavy atom. The van der Waals surface area contributed by atoms with Crippen LogP contribution in [0.1, 0.15) is 24.8 Å². The zero-order chi connectivity index (χ0) is 15.9. The average Bonchev–Trinajstić information content (AvgIpc) is 2.95. The Morgan fingerprint density at radius 2 is 2.23 bits per heavy atom. The molecule has 0 saturated carbocycles. The average molecular weight is 308 g/mol. The summed E-state index contributed by atoms with van der Waals surface area (Å²) >= 11 is 0. The number of fused-ring (bicyclic) bond motifs is 1. The van der Waals surface area contributed by atoms with Gasteiger partial charge in [-0.15, -0.1) is 0 Å². The zero-order valence-corrected chi connectivity index (χ0v) is 13.0. The fraction of sp³-hybridized carbons (Fsp3) is 0.562. The van der Waals surface area contributed by atoms with Gasteiger partial charge in [-0.2, -0.15) is 0 Å². The molecule has 2 rings (SSSR count). The molecule has 6 heteroatoms. The van der Waals surface area contributed by atoms with Gasteiger partial charge in [0, 0.05) is 31.2 Å². The molecule has 0 unspecified atom stereocenters. The molecule has 3 atom stereocenters. The number of ether oxygens (including phenoxy) is 2. The van der Waals surface area contributed by atoms with E-state index in [9.17, 15) is 9.90 Å². The van der Waals surface area contributed by atoms with Gasteiger partial charge < -0.3 is 25.2 Å². The van der Waals surface area contributed by atoms with E-state index in [-0.39, 0.29) is 30.6 Å². The molecule has 0 bridgehead atoms. The van der Waals surface area contributed by atoms with Gasteiger partial charge in [0.1, 0.15) is 5.75 Å². The zero-order valence-electron chi connectivity index (χ0n) is 13.0. The number of hydrogen-bond donors (Lipinski definition) is 3. The third-order valence-electron chi connectivity index (χ3n) is 3.93. The number of nitrogens with one attached hydrogen (secondary N) is 2. The third kappa shape index (κ3) is 4.11. The fourth-order valence-electron chi connectivity index (χ4n) is 2.60. The maximum Gasteiger partial charge on any atom is 0.315 e. The smallest absolute Gasteiger partial charge is 0.315 e. The van der Waals surface area contributed by atoms with Gasteiger partial charge in [-0.1, -0.05) is 18.2 Å². The normalized spacial score (nSPS) is 19.0. The van der Waals surface area contributed by atoms with Crippen LogP contribution in [0.15, 0.2) is 24.3 Å². The molecule has 1 heterocycles. The first-order valence-electron chi connectivity index (χ1n) is 7.54. The monoisotopic (exact) mass is 308 g/mol. The molecule has 1 aliphatic heterocycles. The molecule has 3 N–H and O–H groups in total. The second-order valence-corrected chi connectivity index (χ2v) is 5.52. The highest BCUT2D eigenvalue weighted by Gasteiger charge is 2.29. The Kier molecular flexibility index (Phi) is 6.03. The van der Waals surface area contributed by atoms with Crippen LogP contribution in [0.2, 0.25) is 0 Å². The second-order valence-electron chi connectivity index (χ2n) is 5.52. The van der Waals surface area contributed by atoms with Crippen LogP contribution in [0.4, 0.5) is 4.79 Å². The summed E-state index contributed by atoms with van der Waals surface area (Å²) in [5.74, 6) is 1.02. The molecule has 0 radical (unpaired) electrons. The van der Waals surface area contributed by atoms with Crippen LogP contribution in [0.25, 0.3) is 0 Å². The van der Waals surface area contributed by atoms with Crippen molar-refractivity contribution in [3.8, 4) is 5.75 Å². The Bertz CT molecular complexity index is 495. The van der Waals surface area contributed by atoms with Gasteiger partial charge in [0.15, 0.2) is 0 Å². The van der Waals surface area contributed by atoms with Crippen molar-refractivity contribution in [1.29, 1.82) is 0 Å². The van der Waals surface area contributed by atoms with Crippen LogP contribution < -0.4 is 15.4 Å². The molecule has 2 amide bonds. The SMILES string of the molecule is COCC[C@H](CO)NC(=O)N[C@H](C)[C@H]1COc2ccccc21. The highest BCUT2D eigenvalue weighted by Crippen LogP contribution is 2.35. The van der Waals surface area contributed by atoms with E-state index < -0.39 is 0 Å². The lowest BCUT2D eigenvalue weighted by molar-refractivity contribution is 0.159. The van der Waals surface area contributed by atoms with Gasteiger partial charge in [-0.3, -0.25) is 0 Å². The van der Waals surface area contributed by atoms with Gasteiger partial charge in [0.05, 0.1) is 19.3 Å². The summed E-state index contributed by atoms with van der Waals surface area (Å²) in [5, 5.41) is 14.9. The molecule has 1 aliphatic rings. The van der Waals surface area contributed by atoms with Crippen LogP contribution in [0.3, 0.4) is 0 Å². The van der Waals surface area contributed by atoms with Crippen molar-refractivity contribution in [2.45, 2.75) is 31.3 Å². The quantitative estimate of drug-likeness (QED) is 0.708. The molecule has 0 spiro atoms. The van der Waals surface area contributed by atoms with Crippen LogP contribution >= 0.6 is 0 Å². The topological polar surface area (TPSA) is 79.8 Å². The van der Waals surface area contributed by atoms with Gasteiger partial charge in [0.2, 0.25) is 0 Å². The largest absolute Gasteiger partial charge is 0.493 e. The number of aliphatic hydroxyl groups excluding tert-OH is 1. The number of rotatable bonds is 7. The van der Waals surface area contributed by atoms with Crippen molar-refractivity contribution in [3.63, 3.8) is 0 Å². The first-order chi connectivity index (χ1) is 10.7. The fourth-order valence-corrected chi connectivity index (χ4v) is 2.60. The number of hydrogen-bond acceptors (Lipinski definition) is 4. The summed E-state index contributed by atoms with van der Waals surface area (Å²) < 4.78 is 10.6. The van der Waals surface area contributed by atoms with E-state index in [1.54, 1.807) is 7.11 Å². The highest BCUT2D eigenvalue weighted by molar-refractivity contribution is 5.74. The van der Waals surface area contributed by atoms with Gasteiger partial charge in [0.25, 0.3) is 0 Å². The van der Waals surface area contributed by atoms with E-state index in [0.29, 0.717) is 19.6 Å². The van der Waals surface area contributed by atoms with Crippen molar-refractivity contribution in [1.82, 2.24) is 10.6 Å². The number of benzene rings is 1. The molecule has 0 aromatic heterocycles. The van der Waals surface area contributed by atoms with E-state index in [1.807, 2.05) is 31.2 Å². The van der Waals surface area contributed by atoms with Crippen LogP contribution in [0, 0.1) is 0 Å². The molecular weight excluding hydrogens is 284 g/mol. The van der Waals surface area contributed by atoms with Gasteiger partial charge in [-0.25, -0.2) is 4.79 Å². The Morgan fingerprint density at radius 3 is 2.95 bits per heavy atom. The maximum absolute atomic E-state index is 12.0. The molecule has 0 aliphatic carbocycles. The first kappa shape index (κ1) is 16.6. The number of methoxy groups -OCH3 is 1. The molecule has 1 aromatic carbocycles. The Balaban J connectivity index is 1.87. The summed E-state index contributed by atoms with van der Waals surface area (Å²) in [4.78, 5) is 12.0. The summed E-state index contributed by atoms with van der Waals surface area (Å²) in [6.45, 7) is 2.90. The minimum absolute atomic E-state index is 0.0644. The number of carbonyl (C=O) groups excluding carboxylic acids is 1. The first-order valence-corrected chi connectivity index (χ1v) is 7.54. The molecule has 0 saturated heterocycles. The molecule has 6 nitrogen and oxygen atoms in total. The van der Waals surface area contributed by atoms with Gasteiger partial charge in [-0.05, 0) is 19.4 Å². The molecule has 22 heavy (non-hydrogen) atoms. The summed E-state index contributed by atoms with van der Waals surface area (Å²) in [5.41, 5.74) is 1.12. The van der Waals surface area contributed by atoms with Crippen LogP contribution in [-0.4, -0.2) is 50.2 Å². The van der Waals surface area contributed by atoms with Crippen molar-refractivity contribution in [2.75, 3.05) is 26.9 Å². The predicted molar refractivity (Wildman–Crippen MR) is 83.2 cm³/mol. The molecular formula is C16H24N2O4. The Labute approximate surface area is 130 Å². The lowest BCUT2D eigenvalue weighted by Gasteiger charge is -2.22. The van der Waals surface area contributed by atoms with Crippen molar-refractivity contribution in [3.05, 3.63) is 29.8 Å². The summed E-state index contributed by atoms with van der Waals surface area (Å²) in [6.07, 6.45) is 0.574. The lowest BCUT2D eigenvalue weighted by atomic mass is 9.94. The van der Waals surface area contributed by atoms with Crippen molar-refractivity contribution >= 4 is 6.03 Å². The maximum atomic E-state index is 12.0. The summed E-state index contributed by atoms with van der Waals surface area (Å²) in [7, 11) is 1.59. The van der Waals surface area contributed by atoms with E-state index >= 15 is 0 Å². The van der Waals surface area contributed by atoms with Gasteiger partial charge >= 0.3 is 6.03 Å². The predicted octanol–water partition coefficient (Wildman–Crippen LogP) is 1.25. The minimum Gasteiger partial charge on any atom is -0.493 e. The van der Waals surface area contributed by atoms with E-state index in [0.717, 1.165) is 11.3 Å². The summed E-state index contributed by atoms with van der Waals surface area (Å²) in [6, 6.07) is 7.22. The lowest BCUT2D eigenvalue weighted by Crippen LogP contribution is -2.48. The second kappa shape index (κ2) is 8.00. The van der Waals surface area contributed by atoms with Crippen LogP contribution in [-0.2, 0) is 4.74 Å². The number of carbonyl (C=O) groups is 1. The number of amides is 2.